The van der Waals surface area contributed by atoms with E-state index in [1.54, 1.807) is 6.07 Å². The van der Waals surface area contributed by atoms with E-state index in [1.807, 2.05) is 42.5 Å². The molecule has 0 bridgehead atoms. The molecule has 0 amide bonds. The Kier molecular flexibility index (Phi) is 2.30. The number of aromatic nitrogens is 1. The molecular weight excluding hydrogens is 246 g/mol. The van der Waals surface area contributed by atoms with Crippen LogP contribution in [0.1, 0.15) is 0 Å². The lowest BCUT2D eigenvalue weighted by Gasteiger charge is -2.05. The summed E-state index contributed by atoms with van der Waals surface area (Å²) in [7, 11) is 0. The number of hydrogen-bond acceptors (Lipinski definition) is 1. The second kappa shape index (κ2) is 4.14. The molecule has 0 aliphatic carbocycles. The Morgan fingerprint density at radius 1 is 0.650 bits per heavy atom. The van der Waals surface area contributed by atoms with Gasteiger partial charge >= 0.3 is 0 Å². The van der Waals surface area contributed by atoms with E-state index in [4.69, 9.17) is 0 Å². The summed E-state index contributed by atoms with van der Waals surface area (Å²) in [5.74, 6) is 0.304. The molecule has 2 nitrogen and oxygen atoms in total. The normalized spacial score (nSPS) is 11.2. The molecule has 0 fully saturated rings. The van der Waals surface area contributed by atoms with Gasteiger partial charge in [0.2, 0.25) is 0 Å². The Labute approximate surface area is 116 Å². The number of hydrogen-bond donors (Lipinski definition) is 2. The highest BCUT2D eigenvalue weighted by molar-refractivity contribution is 6.12. The van der Waals surface area contributed by atoms with E-state index >= 15 is 0 Å². The van der Waals surface area contributed by atoms with Gasteiger partial charge in [0.05, 0.1) is 5.52 Å². The number of nitrogens with one attached hydrogen (secondary N) is 1. The molecule has 1 heterocycles. The summed E-state index contributed by atoms with van der Waals surface area (Å²) < 4.78 is 0. The van der Waals surface area contributed by atoms with Crippen LogP contribution in [0.25, 0.3) is 32.9 Å². The third-order valence-electron chi connectivity index (χ3n) is 3.74. The Hall–Kier alpha value is -2.74. The summed E-state index contributed by atoms with van der Waals surface area (Å²) >= 11 is 0. The molecule has 4 rings (SSSR count). The lowest BCUT2D eigenvalue weighted by atomic mass is 10.0. The number of phenolic OH excluding ortho intramolecular Hbond substituents is 1. The predicted molar refractivity (Wildman–Crippen MR) is 82.9 cm³/mol. The molecule has 0 radical (unpaired) electrons. The van der Waals surface area contributed by atoms with E-state index in [0.717, 1.165) is 22.2 Å². The SMILES string of the molecule is Oc1ccccc1-c1cccc2c1[nH]c1ccccc12. The minimum Gasteiger partial charge on any atom is -0.507 e. The number of aromatic amines is 1. The summed E-state index contributed by atoms with van der Waals surface area (Å²) in [4.78, 5) is 3.46. The summed E-state index contributed by atoms with van der Waals surface area (Å²) in [5.41, 5.74) is 4.06. The monoisotopic (exact) mass is 259 g/mol. The molecule has 4 aromatic rings. The summed E-state index contributed by atoms with van der Waals surface area (Å²) in [6, 6.07) is 21.9. The van der Waals surface area contributed by atoms with Crippen LogP contribution < -0.4 is 0 Å². The maximum absolute atomic E-state index is 10.1. The van der Waals surface area contributed by atoms with E-state index in [0.29, 0.717) is 5.75 Å². The van der Waals surface area contributed by atoms with Gasteiger partial charge in [-0.2, -0.15) is 0 Å². The highest BCUT2D eigenvalue weighted by Gasteiger charge is 2.11. The first-order valence-electron chi connectivity index (χ1n) is 6.62. The van der Waals surface area contributed by atoms with E-state index in [-0.39, 0.29) is 0 Å². The Balaban J connectivity index is 2.13. The van der Waals surface area contributed by atoms with Crippen LogP contribution in [-0.2, 0) is 0 Å². The Morgan fingerprint density at radius 2 is 1.35 bits per heavy atom. The van der Waals surface area contributed by atoms with Gasteiger partial charge in [0, 0.05) is 27.4 Å². The number of rotatable bonds is 1. The first kappa shape index (κ1) is 11.1. The van der Waals surface area contributed by atoms with Crippen LogP contribution in [0.2, 0.25) is 0 Å². The van der Waals surface area contributed by atoms with Crippen molar-refractivity contribution < 1.29 is 5.11 Å². The second-order valence-electron chi connectivity index (χ2n) is 4.92. The second-order valence-corrected chi connectivity index (χ2v) is 4.92. The molecule has 0 spiro atoms. The molecule has 96 valence electrons. The van der Waals surface area contributed by atoms with Crippen molar-refractivity contribution in [3.63, 3.8) is 0 Å². The largest absolute Gasteiger partial charge is 0.507 e. The van der Waals surface area contributed by atoms with E-state index < -0.39 is 0 Å². The number of aromatic hydroxyl groups is 1. The van der Waals surface area contributed by atoms with Gasteiger partial charge in [0.25, 0.3) is 0 Å². The van der Waals surface area contributed by atoms with E-state index in [9.17, 15) is 5.11 Å². The summed E-state index contributed by atoms with van der Waals surface area (Å²) in [6.07, 6.45) is 0. The van der Waals surface area contributed by atoms with Crippen LogP contribution in [0, 0.1) is 0 Å². The van der Waals surface area contributed by atoms with Crippen LogP contribution in [0.3, 0.4) is 0 Å². The lowest BCUT2D eigenvalue weighted by molar-refractivity contribution is 0.477. The minimum atomic E-state index is 0.304. The molecule has 1 aromatic heterocycles. The lowest BCUT2D eigenvalue weighted by Crippen LogP contribution is -1.81. The average Bonchev–Trinajstić information content (AvgIpc) is 2.86. The fourth-order valence-corrected chi connectivity index (χ4v) is 2.80. The maximum atomic E-state index is 10.1. The molecule has 0 saturated carbocycles. The summed E-state index contributed by atoms with van der Waals surface area (Å²) in [5, 5.41) is 12.5. The van der Waals surface area contributed by atoms with Crippen LogP contribution >= 0.6 is 0 Å². The fourth-order valence-electron chi connectivity index (χ4n) is 2.80. The van der Waals surface area contributed by atoms with Gasteiger partial charge in [-0.15, -0.1) is 0 Å². The van der Waals surface area contributed by atoms with Crippen molar-refractivity contribution in [1.29, 1.82) is 0 Å². The molecule has 0 aliphatic heterocycles. The van der Waals surface area contributed by atoms with E-state index in [2.05, 4.69) is 23.2 Å². The van der Waals surface area contributed by atoms with Gasteiger partial charge in [-0.25, -0.2) is 0 Å². The quantitative estimate of drug-likeness (QED) is 0.511. The number of phenols is 1. The highest BCUT2D eigenvalue weighted by atomic mass is 16.3. The Morgan fingerprint density at radius 3 is 2.25 bits per heavy atom. The van der Waals surface area contributed by atoms with Crippen LogP contribution in [-0.4, -0.2) is 10.1 Å². The van der Waals surface area contributed by atoms with Crippen molar-refractivity contribution in [2.75, 3.05) is 0 Å². The van der Waals surface area contributed by atoms with Gasteiger partial charge < -0.3 is 10.1 Å². The van der Waals surface area contributed by atoms with Crippen LogP contribution in [0.5, 0.6) is 5.75 Å². The Bertz CT molecular complexity index is 921. The van der Waals surface area contributed by atoms with Crippen molar-refractivity contribution >= 4 is 21.8 Å². The van der Waals surface area contributed by atoms with Crippen LogP contribution in [0.4, 0.5) is 0 Å². The first-order chi connectivity index (χ1) is 9.84. The van der Waals surface area contributed by atoms with Crippen molar-refractivity contribution in [1.82, 2.24) is 4.98 Å². The number of fused-ring (bicyclic) bond motifs is 3. The molecule has 0 saturated heterocycles. The maximum Gasteiger partial charge on any atom is 0.123 e. The van der Waals surface area contributed by atoms with Crippen molar-refractivity contribution in [2.24, 2.45) is 0 Å². The molecule has 0 aliphatic rings. The standard InChI is InChI=1S/C18H13NO/c20-17-11-4-2-7-13(17)15-9-5-8-14-12-6-1-3-10-16(12)19-18(14)15/h1-11,19-20H. The molecule has 0 atom stereocenters. The van der Waals surface area contributed by atoms with E-state index in [1.165, 1.54) is 10.8 Å². The molecule has 3 aromatic carbocycles. The number of benzene rings is 3. The first-order valence-corrected chi connectivity index (χ1v) is 6.62. The zero-order valence-electron chi connectivity index (χ0n) is 10.8. The number of H-pyrrole nitrogens is 1. The zero-order valence-corrected chi connectivity index (χ0v) is 10.8. The summed E-state index contributed by atoms with van der Waals surface area (Å²) in [6.45, 7) is 0. The fraction of sp³-hybridized carbons (Fsp3) is 0. The zero-order chi connectivity index (χ0) is 13.5. The predicted octanol–water partition coefficient (Wildman–Crippen LogP) is 4.69. The average molecular weight is 259 g/mol. The number of para-hydroxylation sites is 3. The molecule has 0 unspecified atom stereocenters. The van der Waals surface area contributed by atoms with Gasteiger partial charge in [0.1, 0.15) is 5.75 Å². The van der Waals surface area contributed by atoms with Gasteiger partial charge in [-0.1, -0.05) is 54.6 Å². The molecule has 2 N–H and O–H groups in total. The van der Waals surface area contributed by atoms with Crippen molar-refractivity contribution in [2.45, 2.75) is 0 Å². The van der Waals surface area contributed by atoms with Crippen molar-refractivity contribution in [3.05, 3.63) is 66.7 Å². The highest BCUT2D eigenvalue weighted by Crippen LogP contribution is 2.36. The van der Waals surface area contributed by atoms with Gasteiger partial charge in [0.15, 0.2) is 0 Å². The van der Waals surface area contributed by atoms with Gasteiger partial charge in [-0.05, 0) is 12.1 Å². The third kappa shape index (κ3) is 1.51. The molecule has 20 heavy (non-hydrogen) atoms. The third-order valence-corrected chi connectivity index (χ3v) is 3.74. The topological polar surface area (TPSA) is 36.0 Å². The van der Waals surface area contributed by atoms with Gasteiger partial charge in [-0.3, -0.25) is 0 Å². The van der Waals surface area contributed by atoms with Crippen LogP contribution in [0.15, 0.2) is 66.7 Å². The minimum absolute atomic E-state index is 0.304. The molecular formula is C18H13NO. The van der Waals surface area contributed by atoms with Crippen molar-refractivity contribution in [3.8, 4) is 16.9 Å². The molecule has 2 heteroatoms. The smallest absolute Gasteiger partial charge is 0.123 e.